The summed E-state index contributed by atoms with van der Waals surface area (Å²) in [7, 11) is -3.46. The van der Waals surface area contributed by atoms with Gasteiger partial charge in [-0.05, 0) is 25.2 Å². The smallest absolute Gasteiger partial charge is 0.223 e. The summed E-state index contributed by atoms with van der Waals surface area (Å²) >= 11 is 4.81. The Bertz CT molecular complexity index is 370. The SMILES string of the molecule is CCC(C(N)=S)S(=O)(=O)N1CCCC(CO)C1. The highest BCUT2D eigenvalue weighted by molar-refractivity contribution is 7.92. The molecular formula is C10H20N2O3S2. The lowest BCUT2D eigenvalue weighted by atomic mass is 10.0. The average Bonchev–Trinajstić information content (AvgIpc) is 2.29. The third-order valence-electron chi connectivity index (χ3n) is 3.15. The third kappa shape index (κ3) is 3.37. The fourth-order valence-corrected chi connectivity index (χ4v) is 4.55. The highest BCUT2D eigenvalue weighted by atomic mass is 32.2. The van der Waals surface area contributed by atoms with E-state index in [-0.39, 0.29) is 17.5 Å². The summed E-state index contributed by atoms with van der Waals surface area (Å²) in [5.74, 6) is 0.0300. The van der Waals surface area contributed by atoms with Crippen LogP contribution in [0.3, 0.4) is 0 Å². The molecule has 0 saturated carbocycles. The first-order valence-corrected chi connectivity index (χ1v) is 7.73. The van der Waals surface area contributed by atoms with Gasteiger partial charge in [-0.15, -0.1) is 0 Å². The molecule has 1 aliphatic heterocycles. The van der Waals surface area contributed by atoms with E-state index in [2.05, 4.69) is 0 Å². The van der Waals surface area contributed by atoms with Gasteiger partial charge in [0.15, 0.2) is 0 Å². The Kier molecular flexibility index (Phi) is 5.30. The first-order chi connectivity index (χ1) is 7.93. The van der Waals surface area contributed by atoms with Crippen LogP contribution in [0.5, 0.6) is 0 Å². The number of hydrogen-bond donors (Lipinski definition) is 2. The molecule has 0 radical (unpaired) electrons. The van der Waals surface area contributed by atoms with Crippen LogP contribution < -0.4 is 5.73 Å². The van der Waals surface area contributed by atoms with Gasteiger partial charge < -0.3 is 10.8 Å². The summed E-state index contributed by atoms with van der Waals surface area (Å²) in [6, 6.07) is 0. The molecule has 1 aliphatic rings. The van der Waals surface area contributed by atoms with Crippen LogP contribution in [0, 0.1) is 5.92 Å². The number of aliphatic hydroxyl groups is 1. The van der Waals surface area contributed by atoms with Crippen molar-refractivity contribution in [2.24, 2.45) is 11.7 Å². The van der Waals surface area contributed by atoms with Crippen LogP contribution in [-0.4, -0.2) is 47.8 Å². The van der Waals surface area contributed by atoms with Crippen molar-refractivity contribution >= 4 is 27.2 Å². The van der Waals surface area contributed by atoms with Gasteiger partial charge in [0.05, 0.1) is 4.99 Å². The molecule has 0 aliphatic carbocycles. The van der Waals surface area contributed by atoms with Crippen molar-refractivity contribution < 1.29 is 13.5 Å². The maximum atomic E-state index is 12.3. The van der Waals surface area contributed by atoms with Crippen LogP contribution in [-0.2, 0) is 10.0 Å². The van der Waals surface area contributed by atoms with Crippen molar-refractivity contribution in [2.75, 3.05) is 19.7 Å². The van der Waals surface area contributed by atoms with Crippen molar-refractivity contribution in [3.8, 4) is 0 Å². The predicted molar refractivity (Wildman–Crippen MR) is 71.2 cm³/mol. The number of aliphatic hydroxyl groups excluding tert-OH is 1. The van der Waals surface area contributed by atoms with E-state index in [0.29, 0.717) is 19.5 Å². The van der Waals surface area contributed by atoms with Gasteiger partial charge in [0.25, 0.3) is 0 Å². The molecule has 2 atom stereocenters. The Morgan fingerprint density at radius 2 is 2.29 bits per heavy atom. The number of sulfonamides is 1. The second kappa shape index (κ2) is 6.08. The van der Waals surface area contributed by atoms with Gasteiger partial charge in [-0.2, -0.15) is 0 Å². The maximum Gasteiger partial charge on any atom is 0.223 e. The lowest BCUT2D eigenvalue weighted by Crippen LogP contribution is -2.48. The number of rotatable bonds is 5. The van der Waals surface area contributed by atoms with Gasteiger partial charge in [0.1, 0.15) is 5.25 Å². The Morgan fingerprint density at radius 3 is 2.76 bits per heavy atom. The van der Waals surface area contributed by atoms with Gasteiger partial charge in [0, 0.05) is 19.7 Å². The largest absolute Gasteiger partial charge is 0.396 e. The molecule has 0 amide bonds. The fourth-order valence-electron chi connectivity index (χ4n) is 2.15. The summed E-state index contributed by atoms with van der Waals surface area (Å²) in [6.45, 7) is 2.65. The number of nitrogens with zero attached hydrogens (tertiary/aromatic N) is 1. The Balaban J connectivity index is 2.85. The summed E-state index contributed by atoms with van der Waals surface area (Å²) in [6.07, 6.45) is 2.03. The number of nitrogens with two attached hydrogens (primary N) is 1. The quantitative estimate of drug-likeness (QED) is 0.697. The van der Waals surface area contributed by atoms with E-state index in [9.17, 15) is 8.42 Å². The molecule has 0 aromatic heterocycles. The molecule has 17 heavy (non-hydrogen) atoms. The zero-order valence-corrected chi connectivity index (χ0v) is 11.6. The van der Waals surface area contributed by atoms with Gasteiger partial charge >= 0.3 is 0 Å². The van der Waals surface area contributed by atoms with Gasteiger partial charge in [-0.1, -0.05) is 19.1 Å². The van der Waals surface area contributed by atoms with E-state index >= 15 is 0 Å². The zero-order valence-electron chi connectivity index (χ0n) is 10.0. The fraction of sp³-hybridized carbons (Fsp3) is 0.900. The van der Waals surface area contributed by atoms with Crippen LogP contribution in [0.4, 0.5) is 0 Å². The summed E-state index contributed by atoms with van der Waals surface area (Å²) in [5, 5.41) is 8.33. The van der Waals surface area contributed by atoms with E-state index < -0.39 is 15.3 Å². The minimum atomic E-state index is -3.46. The molecule has 1 saturated heterocycles. The monoisotopic (exact) mass is 280 g/mol. The molecule has 1 rings (SSSR count). The average molecular weight is 280 g/mol. The first kappa shape index (κ1) is 14.8. The molecule has 7 heteroatoms. The lowest BCUT2D eigenvalue weighted by Gasteiger charge is -2.33. The first-order valence-electron chi connectivity index (χ1n) is 5.82. The second-order valence-electron chi connectivity index (χ2n) is 4.39. The van der Waals surface area contributed by atoms with Crippen molar-refractivity contribution in [2.45, 2.75) is 31.4 Å². The number of piperidine rings is 1. The van der Waals surface area contributed by atoms with Crippen LogP contribution in [0.1, 0.15) is 26.2 Å². The second-order valence-corrected chi connectivity index (χ2v) is 6.98. The van der Waals surface area contributed by atoms with Gasteiger partial charge in [-0.25, -0.2) is 12.7 Å². The van der Waals surface area contributed by atoms with Crippen LogP contribution >= 0.6 is 12.2 Å². The normalized spacial score (nSPS) is 24.5. The van der Waals surface area contributed by atoms with E-state index in [4.69, 9.17) is 23.1 Å². The summed E-state index contributed by atoms with van der Waals surface area (Å²) < 4.78 is 26.0. The van der Waals surface area contributed by atoms with E-state index in [1.165, 1.54) is 4.31 Å². The predicted octanol–water partition coefficient (Wildman–Crippen LogP) is 0.0852. The molecule has 5 nitrogen and oxygen atoms in total. The minimum Gasteiger partial charge on any atom is -0.396 e. The molecule has 1 heterocycles. The maximum absolute atomic E-state index is 12.3. The standard InChI is InChI=1S/C10H20N2O3S2/c1-2-9(10(11)16)17(14,15)12-5-3-4-8(6-12)7-13/h8-9,13H,2-7H2,1H3,(H2,11,16). The van der Waals surface area contributed by atoms with E-state index in [0.717, 1.165) is 12.8 Å². The van der Waals surface area contributed by atoms with Crippen LogP contribution in [0.25, 0.3) is 0 Å². The highest BCUT2D eigenvalue weighted by Crippen LogP contribution is 2.22. The molecule has 0 spiro atoms. The minimum absolute atomic E-state index is 0.0237. The van der Waals surface area contributed by atoms with Crippen molar-refractivity contribution in [3.05, 3.63) is 0 Å². The Morgan fingerprint density at radius 1 is 1.65 bits per heavy atom. The molecule has 0 aromatic rings. The van der Waals surface area contributed by atoms with Gasteiger partial charge in [-0.3, -0.25) is 0 Å². The molecule has 100 valence electrons. The molecule has 2 unspecified atom stereocenters. The Hall–Kier alpha value is -0.240. The molecule has 0 bridgehead atoms. The number of hydrogen-bond acceptors (Lipinski definition) is 4. The van der Waals surface area contributed by atoms with Crippen molar-refractivity contribution in [1.29, 1.82) is 0 Å². The van der Waals surface area contributed by atoms with Crippen molar-refractivity contribution in [3.63, 3.8) is 0 Å². The van der Waals surface area contributed by atoms with Crippen molar-refractivity contribution in [1.82, 2.24) is 4.31 Å². The molecular weight excluding hydrogens is 260 g/mol. The zero-order chi connectivity index (χ0) is 13.1. The Labute approximate surface area is 108 Å². The van der Waals surface area contributed by atoms with Crippen LogP contribution in [0.15, 0.2) is 0 Å². The van der Waals surface area contributed by atoms with Gasteiger partial charge in [0.2, 0.25) is 10.0 Å². The highest BCUT2D eigenvalue weighted by Gasteiger charge is 2.35. The van der Waals surface area contributed by atoms with Crippen LogP contribution in [0.2, 0.25) is 0 Å². The topological polar surface area (TPSA) is 83.6 Å². The van der Waals surface area contributed by atoms with E-state index in [1.807, 2.05) is 0 Å². The molecule has 3 N–H and O–H groups in total. The third-order valence-corrected chi connectivity index (χ3v) is 5.94. The molecule has 0 aromatic carbocycles. The lowest BCUT2D eigenvalue weighted by molar-refractivity contribution is 0.165. The number of thiocarbonyl (C=S) groups is 1. The molecule has 1 fully saturated rings. The summed E-state index contributed by atoms with van der Waals surface area (Å²) in [5.41, 5.74) is 5.48. The summed E-state index contributed by atoms with van der Waals surface area (Å²) in [4.78, 5) is 0.0265. The van der Waals surface area contributed by atoms with E-state index in [1.54, 1.807) is 6.92 Å².